The van der Waals surface area contributed by atoms with Crippen LogP contribution in [0.2, 0.25) is 5.02 Å². The Morgan fingerprint density at radius 1 is 0.778 bits per heavy atom. The molecule has 1 N–H and O–H groups in total. The molecule has 2 unspecified atom stereocenters. The third-order valence-corrected chi connectivity index (χ3v) is 7.03. The highest BCUT2D eigenvalue weighted by atomic mass is 35.5. The van der Waals surface area contributed by atoms with Gasteiger partial charge in [0, 0.05) is 21.9 Å². The highest BCUT2D eigenvalue weighted by Crippen LogP contribution is 2.48. The number of fused-ring (bicyclic) bond motifs is 2. The zero-order chi connectivity index (χ0) is 24.7. The van der Waals surface area contributed by atoms with Crippen LogP contribution in [-0.2, 0) is 5.54 Å². The van der Waals surface area contributed by atoms with Gasteiger partial charge in [-0.05, 0) is 47.0 Å². The second-order valence-electron chi connectivity index (χ2n) is 8.70. The van der Waals surface area contributed by atoms with Crippen molar-refractivity contribution in [2.45, 2.75) is 11.5 Å². The zero-order valence-electron chi connectivity index (χ0n) is 19.1. The molecule has 6 rings (SSSR count). The first-order valence-corrected chi connectivity index (χ1v) is 11.9. The molecule has 0 aliphatic heterocycles. The minimum Gasteiger partial charge on any atom is -0.417 e. The molecule has 0 saturated heterocycles. The molecule has 1 aliphatic rings. The first-order valence-electron chi connectivity index (χ1n) is 11.5. The second kappa shape index (κ2) is 8.66. The molecule has 4 aromatic carbocycles. The van der Waals surface area contributed by atoms with Gasteiger partial charge in [-0.2, -0.15) is 15.0 Å². The molecule has 2 atom stereocenters. The number of benzene rings is 4. The molecule has 6 nitrogen and oxygen atoms in total. The van der Waals surface area contributed by atoms with Gasteiger partial charge in [-0.15, -0.1) is 0 Å². The van der Waals surface area contributed by atoms with Crippen LogP contribution in [0.4, 0.5) is 0 Å². The monoisotopic (exact) mass is 492 g/mol. The van der Waals surface area contributed by atoms with E-state index in [2.05, 4.69) is 12.1 Å². The average Bonchev–Trinajstić information content (AvgIpc) is 3.35. The highest BCUT2D eigenvalue weighted by Gasteiger charge is 2.48. The maximum absolute atomic E-state index is 12.0. The average molecular weight is 493 g/mol. The van der Waals surface area contributed by atoms with E-state index >= 15 is 0 Å². The van der Waals surface area contributed by atoms with E-state index < -0.39 is 5.54 Å². The fourth-order valence-corrected chi connectivity index (χ4v) is 5.33. The number of allylic oxidation sites excluding steroid dienone is 2. The predicted octanol–water partition coefficient (Wildman–Crippen LogP) is 5.92. The largest absolute Gasteiger partial charge is 0.417 e. The number of halogens is 1. The Kier molecular flexibility index (Phi) is 5.31. The molecule has 0 bridgehead atoms. The molecular weight excluding hydrogens is 472 g/mol. The van der Waals surface area contributed by atoms with Crippen LogP contribution in [-0.4, -0.2) is 30.8 Å². The van der Waals surface area contributed by atoms with Gasteiger partial charge in [0.25, 0.3) is 5.71 Å². The number of hydrogen-bond donors (Lipinski definition) is 1. The smallest absolute Gasteiger partial charge is 0.275 e. The fraction of sp³-hybridized carbons (Fsp3) is 0.0690. The van der Waals surface area contributed by atoms with E-state index in [9.17, 15) is 10.4 Å². The van der Waals surface area contributed by atoms with Gasteiger partial charge in [-0.3, -0.25) is 5.21 Å². The normalized spacial score (nSPS) is 18.0. The molecule has 1 aliphatic carbocycles. The third kappa shape index (κ3) is 3.38. The van der Waals surface area contributed by atoms with Crippen LogP contribution in [0.3, 0.4) is 0 Å². The van der Waals surface area contributed by atoms with Crippen LogP contribution in [0.5, 0.6) is 0 Å². The van der Waals surface area contributed by atoms with Gasteiger partial charge in [0.05, 0.1) is 5.56 Å². The van der Waals surface area contributed by atoms with Crippen LogP contribution in [0.15, 0.2) is 115 Å². The van der Waals surface area contributed by atoms with Gasteiger partial charge in [0.2, 0.25) is 0 Å². The quantitative estimate of drug-likeness (QED) is 0.192. The minimum absolute atomic E-state index is 0.0848. The SMILES string of the molecule is [O-]/[N+](O)=C1/C=CC(C(c2ccccc2)(c2ccc(Cl)cc2)n2nc3ccccc3n2)c2ccccc21. The number of aromatic nitrogens is 3. The van der Waals surface area contributed by atoms with Gasteiger partial charge in [-0.25, -0.2) is 0 Å². The Balaban J connectivity index is 1.75. The van der Waals surface area contributed by atoms with Crippen molar-refractivity contribution in [3.05, 3.63) is 148 Å². The maximum Gasteiger partial charge on any atom is 0.275 e. The Morgan fingerprint density at radius 2 is 1.36 bits per heavy atom. The van der Waals surface area contributed by atoms with Gasteiger partial charge >= 0.3 is 0 Å². The molecule has 1 aromatic heterocycles. The Bertz CT molecular complexity index is 1590. The lowest BCUT2D eigenvalue weighted by Crippen LogP contribution is -2.44. The maximum atomic E-state index is 12.0. The van der Waals surface area contributed by atoms with Gasteiger partial charge in [0.1, 0.15) is 16.6 Å². The van der Waals surface area contributed by atoms with Crippen molar-refractivity contribution in [2.75, 3.05) is 0 Å². The van der Waals surface area contributed by atoms with Crippen molar-refractivity contribution >= 4 is 28.3 Å². The van der Waals surface area contributed by atoms with Crippen molar-refractivity contribution in [3.8, 4) is 0 Å². The highest BCUT2D eigenvalue weighted by molar-refractivity contribution is 6.30. The molecule has 176 valence electrons. The summed E-state index contributed by atoms with van der Waals surface area (Å²) in [7, 11) is 0. The molecule has 1 heterocycles. The summed E-state index contributed by atoms with van der Waals surface area (Å²) in [4.78, 5) is 1.69. The number of rotatable bonds is 4. The van der Waals surface area contributed by atoms with Crippen LogP contribution in [0, 0.1) is 5.21 Å². The summed E-state index contributed by atoms with van der Waals surface area (Å²) in [5.41, 5.74) is 4.18. The van der Waals surface area contributed by atoms with Crippen molar-refractivity contribution in [3.63, 3.8) is 0 Å². The summed E-state index contributed by atoms with van der Waals surface area (Å²) in [5, 5.41) is 32.4. The van der Waals surface area contributed by atoms with Gasteiger partial charge < -0.3 is 5.21 Å². The van der Waals surface area contributed by atoms with Crippen LogP contribution in [0.25, 0.3) is 11.0 Å². The van der Waals surface area contributed by atoms with E-state index in [4.69, 9.17) is 21.8 Å². The standard InChI is InChI=1S/C29H21ClN4O2/c30-22-16-14-21(15-17-22)29(20-8-2-1-3-9-20,34-31-26-12-6-7-13-27(26)32-34)25-18-19-28(33(35)36)24-11-5-4-10-23(24)25/h1-19,25H,(H,35,36). The number of hydrogen-bond acceptors (Lipinski definition) is 4. The molecule has 36 heavy (non-hydrogen) atoms. The Hall–Kier alpha value is -4.42. The lowest BCUT2D eigenvalue weighted by atomic mass is 9.67. The molecule has 0 radical (unpaired) electrons. The zero-order valence-corrected chi connectivity index (χ0v) is 19.8. The molecule has 0 saturated carbocycles. The summed E-state index contributed by atoms with van der Waals surface area (Å²) < 4.78 is 0. The van der Waals surface area contributed by atoms with Crippen LogP contribution < -0.4 is 0 Å². The molecule has 5 aromatic rings. The molecule has 0 spiro atoms. The lowest BCUT2D eigenvalue weighted by Gasteiger charge is -2.41. The molecule has 0 amide bonds. The summed E-state index contributed by atoms with van der Waals surface area (Å²) in [6.45, 7) is 0. The van der Waals surface area contributed by atoms with Gasteiger partial charge in [0.15, 0.2) is 0 Å². The van der Waals surface area contributed by atoms with E-state index in [-0.39, 0.29) is 16.5 Å². The van der Waals surface area contributed by atoms with Crippen molar-refractivity contribution in [2.24, 2.45) is 0 Å². The van der Waals surface area contributed by atoms with Crippen molar-refractivity contribution in [1.82, 2.24) is 15.0 Å². The fourth-order valence-electron chi connectivity index (χ4n) is 5.21. The predicted molar refractivity (Wildman–Crippen MR) is 139 cm³/mol. The summed E-state index contributed by atoms with van der Waals surface area (Å²) in [6, 6.07) is 33.1. The first-order chi connectivity index (χ1) is 17.6. The van der Waals surface area contributed by atoms with E-state index in [0.29, 0.717) is 10.6 Å². The molecule has 0 fully saturated rings. The summed E-state index contributed by atoms with van der Waals surface area (Å²) in [5.74, 6) is -0.331. The van der Waals surface area contributed by atoms with Crippen LogP contribution >= 0.6 is 11.6 Å². The minimum atomic E-state index is -0.938. The van der Waals surface area contributed by atoms with E-state index in [1.807, 2.05) is 97.1 Å². The van der Waals surface area contributed by atoms with E-state index in [1.54, 1.807) is 10.9 Å². The van der Waals surface area contributed by atoms with E-state index in [0.717, 1.165) is 27.7 Å². The topological polar surface area (TPSA) is 77.0 Å². The summed E-state index contributed by atoms with van der Waals surface area (Å²) in [6.07, 6.45) is 3.60. The first kappa shape index (κ1) is 22.1. The molecular formula is C29H21ClN4O2. The summed E-state index contributed by atoms with van der Waals surface area (Å²) >= 11 is 6.32. The van der Waals surface area contributed by atoms with E-state index in [1.165, 1.54) is 0 Å². The lowest BCUT2D eigenvalue weighted by molar-refractivity contribution is -0.725. The second-order valence-corrected chi connectivity index (χ2v) is 9.14. The van der Waals surface area contributed by atoms with Crippen molar-refractivity contribution in [1.29, 1.82) is 0 Å². The Labute approximate surface area is 212 Å². The van der Waals surface area contributed by atoms with Gasteiger partial charge in [-0.1, -0.05) is 90.5 Å². The Morgan fingerprint density at radius 3 is 2.03 bits per heavy atom. The van der Waals surface area contributed by atoms with Crippen LogP contribution in [0.1, 0.15) is 28.2 Å². The number of nitrogens with zero attached hydrogens (tertiary/aromatic N) is 4. The third-order valence-electron chi connectivity index (χ3n) is 6.77. The molecule has 7 heteroatoms. The van der Waals surface area contributed by atoms with Crippen molar-refractivity contribution < 1.29 is 10.1 Å².